The van der Waals surface area contributed by atoms with Crippen LogP contribution in [0, 0.1) is 6.92 Å². The van der Waals surface area contributed by atoms with Crippen molar-refractivity contribution in [3.8, 4) is 0 Å². The van der Waals surface area contributed by atoms with Gasteiger partial charge in [-0.2, -0.15) is 0 Å². The number of methoxy groups -OCH3 is 2. The van der Waals surface area contributed by atoms with Crippen LogP contribution in [0.25, 0.3) is 0 Å². The van der Waals surface area contributed by atoms with E-state index in [1.807, 2.05) is 33.8 Å². The van der Waals surface area contributed by atoms with Gasteiger partial charge in [0.05, 0.1) is 37.2 Å². The fourth-order valence-electron chi connectivity index (χ4n) is 4.27. The maximum Gasteiger partial charge on any atom is 0.240 e. The van der Waals surface area contributed by atoms with Crippen LogP contribution in [0.4, 0.5) is 5.95 Å². The molecule has 1 N–H and O–H groups in total. The molecule has 0 aliphatic carbocycles. The summed E-state index contributed by atoms with van der Waals surface area (Å²) in [4.78, 5) is 4.43. The van der Waals surface area contributed by atoms with Gasteiger partial charge in [-0.05, 0) is 59.1 Å². The molecule has 0 radical (unpaired) electrons. The number of aryl methyl sites for hydroxylation is 1. The van der Waals surface area contributed by atoms with Crippen molar-refractivity contribution in [2.24, 2.45) is 0 Å². The lowest BCUT2D eigenvalue weighted by atomic mass is 10.1. The molecule has 1 fully saturated rings. The van der Waals surface area contributed by atoms with Gasteiger partial charge in [0.25, 0.3) is 0 Å². The average Bonchev–Trinajstić information content (AvgIpc) is 3.43. The summed E-state index contributed by atoms with van der Waals surface area (Å²) in [5.74, 6) is 0.623. The van der Waals surface area contributed by atoms with E-state index in [2.05, 4.69) is 19.9 Å². The Morgan fingerprint density at radius 3 is 2.36 bits per heavy atom. The zero-order valence-electron chi connectivity index (χ0n) is 22.2. The highest BCUT2D eigenvalue weighted by Crippen LogP contribution is 2.35. The van der Waals surface area contributed by atoms with Crippen molar-refractivity contribution in [3.05, 3.63) is 35.4 Å². The number of ether oxygens (including phenoxy) is 4. The largest absolute Gasteiger partial charge is 0.382 e. The third kappa shape index (κ3) is 6.80. The maximum atomic E-state index is 13.6. The molecule has 0 saturated carbocycles. The van der Waals surface area contributed by atoms with E-state index in [9.17, 15) is 8.42 Å². The molecular weight excluding hydrogens is 486 g/mol. The van der Waals surface area contributed by atoms with Crippen molar-refractivity contribution in [3.63, 3.8) is 0 Å². The highest BCUT2D eigenvalue weighted by Gasteiger charge is 2.37. The van der Waals surface area contributed by atoms with E-state index in [1.54, 1.807) is 38.0 Å². The Morgan fingerprint density at radius 2 is 1.83 bits per heavy atom. The minimum Gasteiger partial charge on any atom is -0.382 e. The smallest absolute Gasteiger partial charge is 0.240 e. The topological polar surface area (TPSA) is 127 Å². The lowest BCUT2D eigenvalue weighted by molar-refractivity contribution is 0.00415. The summed E-state index contributed by atoms with van der Waals surface area (Å²) in [5, 5.41) is 7.57. The van der Waals surface area contributed by atoms with Crippen LogP contribution in [-0.4, -0.2) is 73.1 Å². The zero-order valence-corrected chi connectivity index (χ0v) is 23.0. The fraction of sp³-hybridized carbons (Fsp3) is 0.708. The number of pyridine rings is 1. The molecule has 2 aromatic rings. The van der Waals surface area contributed by atoms with Crippen LogP contribution < -0.4 is 4.72 Å². The molecule has 1 saturated heterocycles. The summed E-state index contributed by atoms with van der Waals surface area (Å²) in [6.45, 7) is 9.80. The van der Waals surface area contributed by atoms with Crippen molar-refractivity contribution < 1.29 is 27.4 Å². The molecule has 0 bridgehead atoms. The predicted molar refractivity (Wildman–Crippen MR) is 135 cm³/mol. The SMILES string of the molecule is COCC(COC)n1c(NS(=O)(=O)C(C)C(OC(C)C)c2ccc(C)cn2)nnc1[C@@H]1CC[C@H](C)O1. The van der Waals surface area contributed by atoms with Crippen LogP contribution in [0.15, 0.2) is 18.3 Å². The standard InChI is InChI=1S/C24H39N5O6S/c1-15(2)34-22(20-10-8-16(3)12-25-20)18(5)36(30,31)28-24-27-26-23(21-11-9-17(4)35-21)29(24)19(13-32-6)14-33-7/h8,10,12,15,17-19,21-22H,9,11,13-14H2,1-7H3,(H,27,28)/t17-,18?,21-,22?/m0/s1. The number of hydrogen-bond donors (Lipinski definition) is 1. The predicted octanol–water partition coefficient (Wildman–Crippen LogP) is 3.35. The van der Waals surface area contributed by atoms with Gasteiger partial charge < -0.3 is 18.9 Å². The summed E-state index contributed by atoms with van der Waals surface area (Å²) in [5.41, 5.74) is 1.52. The lowest BCUT2D eigenvalue weighted by Gasteiger charge is -2.27. The van der Waals surface area contributed by atoms with E-state index in [-0.39, 0.29) is 43.5 Å². The Bertz CT molecular complexity index is 1070. The van der Waals surface area contributed by atoms with Crippen molar-refractivity contribution in [2.75, 3.05) is 32.2 Å². The highest BCUT2D eigenvalue weighted by molar-refractivity contribution is 7.93. The number of nitrogens with one attached hydrogen (secondary N) is 1. The molecule has 1 aliphatic heterocycles. The van der Waals surface area contributed by atoms with Crippen LogP contribution in [-0.2, 0) is 29.0 Å². The molecule has 4 atom stereocenters. The third-order valence-corrected chi connectivity index (χ3v) is 7.81. The Morgan fingerprint density at radius 1 is 1.14 bits per heavy atom. The first-order chi connectivity index (χ1) is 17.1. The van der Waals surface area contributed by atoms with Gasteiger partial charge in [-0.3, -0.25) is 14.3 Å². The molecule has 3 rings (SSSR count). The van der Waals surface area contributed by atoms with Crippen LogP contribution >= 0.6 is 0 Å². The average molecular weight is 526 g/mol. The highest BCUT2D eigenvalue weighted by atomic mass is 32.2. The van der Waals surface area contributed by atoms with Crippen LogP contribution in [0.3, 0.4) is 0 Å². The molecule has 2 aromatic heterocycles. The normalized spacial score (nSPS) is 20.2. The van der Waals surface area contributed by atoms with Crippen molar-refractivity contribution >= 4 is 16.0 Å². The summed E-state index contributed by atoms with van der Waals surface area (Å²) in [6.07, 6.45) is 2.13. The monoisotopic (exact) mass is 525 g/mol. The summed E-state index contributed by atoms with van der Waals surface area (Å²) >= 11 is 0. The Hall–Kier alpha value is -2.12. The van der Waals surface area contributed by atoms with Gasteiger partial charge >= 0.3 is 0 Å². The van der Waals surface area contributed by atoms with Crippen molar-refractivity contribution in [2.45, 2.75) is 83.2 Å². The van der Waals surface area contributed by atoms with E-state index in [1.165, 1.54) is 0 Å². The molecule has 3 heterocycles. The van der Waals surface area contributed by atoms with E-state index in [4.69, 9.17) is 18.9 Å². The first-order valence-corrected chi connectivity index (χ1v) is 13.8. The Kier molecular flexibility index (Phi) is 9.81. The molecule has 12 heteroatoms. The van der Waals surface area contributed by atoms with Gasteiger partial charge in [0.2, 0.25) is 16.0 Å². The minimum atomic E-state index is -3.98. The quantitative estimate of drug-likeness (QED) is 0.419. The minimum absolute atomic E-state index is 0.0827. The molecule has 0 spiro atoms. The number of rotatable bonds is 13. The number of sulfonamides is 1. The van der Waals surface area contributed by atoms with Crippen LogP contribution in [0.1, 0.15) is 75.9 Å². The van der Waals surface area contributed by atoms with E-state index in [0.29, 0.717) is 11.5 Å². The first-order valence-electron chi connectivity index (χ1n) is 12.2. The molecule has 2 unspecified atom stereocenters. The van der Waals surface area contributed by atoms with Gasteiger partial charge in [-0.25, -0.2) is 8.42 Å². The van der Waals surface area contributed by atoms with E-state index < -0.39 is 21.4 Å². The molecule has 0 aromatic carbocycles. The molecule has 1 aliphatic rings. The summed E-state index contributed by atoms with van der Waals surface area (Å²) in [7, 11) is -0.827. The van der Waals surface area contributed by atoms with Crippen molar-refractivity contribution in [1.29, 1.82) is 0 Å². The van der Waals surface area contributed by atoms with Crippen LogP contribution in [0.5, 0.6) is 0 Å². The van der Waals surface area contributed by atoms with Gasteiger partial charge in [-0.15, -0.1) is 10.2 Å². The van der Waals surface area contributed by atoms with Crippen LogP contribution in [0.2, 0.25) is 0 Å². The third-order valence-electron chi connectivity index (χ3n) is 6.12. The molecule has 36 heavy (non-hydrogen) atoms. The van der Waals surface area contributed by atoms with Crippen molar-refractivity contribution in [1.82, 2.24) is 19.7 Å². The van der Waals surface area contributed by atoms with Gasteiger partial charge in [0.1, 0.15) is 17.5 Å². The molecule has 202 valence electrons. The summed E-state index contributed by atoms with van der Waals surface area (Å²) < 4.78 is 54.5. The molecule has 11 nitrogen and oxygen atoms in total. The van der Waals surface area contributed by atoms with Gasteiger partial charge in [-0.1, -0.05) is 6.07 Å². The van der Waals surface area contributed by atoms with E-state index >= 15 is 0 Å². The zero-order chi connectivity index (χ0) is 26.5. The fourth-order valence-corrected chi connectivity index (χ4v) is 5.38. The first kappa shape index (κ1) is 28.5. The van der Waals surface area contributed by atoms with E-state index in [0.717, 1.165) is 18.4 Å². The second-order valence-electron chi connectivity index (χ2n) is 9.55. The maximum absolute atomic E-state index is 13.6. The Labute approximate surface area is 213 Å². The Balaban J connectivity index is 1.97. The van der Waals surface area contributed by atoms with Gasteiger partial charge in [0, 0.05) is 20.4 Å². The summed E-state index contributed by atoms with van der Waals surface area (Å²) in [6, 6.07) is 3.32. The van der Waals surface area contributed by atoms with Gasteiger partial charge in [0.15, 0.2) is 5.82 Å². The second kappa shape index (κ2) is 12.4. The number of aromatic nitrogens is 4. The number of hydrogen-bond acceptors (Lipinski definition) is 9. The lowest BCUT2D eigenvalue weighted by Crippen LogP contribution is -2.35. The number of anilines is 1. The second-order valence-corrected chi connectivity index (χ2v) is 11.6. The number of nitrogens with zero attached hydrogens (tertiary/aromatic N) is 4. The molecular formula is C24H39N5O6S. The molecule has 0 amide bonds.